The number of hydrogen-bond donors (Lipinski definition) is 2. The molecule has 0 unspecified atom stereocenters. The highest BCUT2D eigenvalue weighted by molar-refractivity contribution is 5.65. The zero-order valence-corrected chi connectivity index (χ0v) is 9.84. The monoisotopic (exact) mass is 262 g/mol. The van der Waals surface area contributed by atoms with Gasteiger partial charge in [-0.25, -0.2) is 4.39 Å². The zero-order chi connectivity index (χ0) is 13.8. The minimum Gasteiger partial charge on any atom is -0.392 e. The molecule has 2 rings (SSSR count). The number of non-ortho nitro benzene ring substituents is 1. The summed E-state index contributed by atoms with van der Waals surface area (Å²) < 4.78 is 13.6. The number of hydrogen-bond acceptors (Lipinski definition) is 4. The van der Waals surface area contributed by atoms with Crippen molar-refractivity contribution in [3.8, 4) is 0 Å². The predicted molar refractivity (Wildman–Crippen MR) is 68.7 cm³/mol. The van der Waals surface area contributed by atoms with Crippen LogP contribution in [0.1, 0.15) is 5.56 Å². The molecule has 6 heteroatoms. The van der Waals surface area contributed by atoms with E-state index in [9.17, 15) is 14.5 Å². The molecule has 0 spiro atoms. The summed E-state index contributed by atoms with van der Waals surface area (Å²) in [6.45, 7) is -0.209. The summed E-state index contributed by atoms with van der Waals surface area (Å²) in [4.78, 5) is 10.1. The third kappa shape index (κ3) is 2.86. The Balaban J connectivity index is 2.37. The van der Waals surface area contributed by atoms with E-state index >= 15 is 0 Å². The summed E-state index contributed by atoms with van der Waals surface area (Å²) in [6, 6.07) is 10.0. The van der Waals surface area contributed by atoms with E-state index in [0.29, 0.717) is 11.3 Å². The molecule has 2 aromatic rings. The van der Waals surface area contributed by atoms with Gasteiger partial charge in [-0.05, 0) is 12.1 Å². The Morgan fingerprint density at radius 2 is 1.95 bits per heavy atom. The lowest BCUT2D eigenvalue weighted by Crippen LogP contribution is -1.99. The predicted octanol–water partition coefficient (Wildman–Crippen LogP) is 2.97. The van der Waals surface area contributed by atoms with Crippen molar-refractivity contribution >= 4 is 17.1 Å². The summed E-state index contributed by atoms with van der Waals surface area (Å²) in [6.07, 6.45) is 0. The Bertz CT molecular complexity index is 617. The molecule has 0 saturated heterocycles. The number of halogens is 1. The van der Waals surface area contributed by atoms with Crippen LogP contribution in [-0.2, 0) is 6.61 Å². The minimum absolute atomic E-state index is 0.00454. The summed E-state index contributed by atoms with van der Waals surface area (Å²) >= 11 is 0. The summed E-state index contributed by atoms with van der Waals surface area (Å²) in [5.41, 5.74) is 0.873. The Morgan fingerprint density at radius 3 is 2.63 bits per heavy atom. The third-order valence-electron chi connectivity index (χ3n) is 2.62. The molecule has 19 heavy (non-hydrogen) atoms. The van der Waals surface area contributed by atoms with E-state index in [1.807, 2.05) is 0 Å². The van der Waals surface area contributed by atoms with Gasteiger partial charge < -0.3 is 10.4 Å². The number of nitrogens with zero attached hydrogens (tertiary/aromatic N) is 1. The number of benzene rings is 2. The summed E-state index contributed by atoms with van der Waals surface area (Å²) in [5.74, 6) is -0.599. The average molecular weight is 262 g/mol. The van der Waals surface area contributed by atoms with Crippen LogP contribution >= 0.6 is 0 Å². The molecular formula is C13H11FN2O3. The van der Waals surface area contributed by atoms with Crippen LogP contribution in [0.5, 0.6) is 0 Å². The number of rotatable bonds is 4. The maximum Gasteiger partial charge on any atom is 0.271 e. The maximum atomic E-state index is 13.6. The van der Waals surface area contributed by atoms with Crippen molar-refractivity contribution in [1.82, 2.24) is 0 Å². The molecule has 0 saturated carbocycles. The van der Waals surface area contributed by atoms with Crippen molar-refractivity contribution in [2.75, 3.05) is 5.32 Å². The molecule has 0 atom stereocenters. The van der Waals surface area contributed by atoms with E-state index < -0.39 is 10.7 Å². The van der Waals surface area contributed by atoms with E-state index in [2.05, 4.69) is 5.32 Å². The molecule has 0 heterocycles. The van der Waals surface area contributed by atoms with Crippen LogP contribution in [0, 0.1) is 15.9 Å². The largest absolute Gasteiger partial charge is 0.392 e. The first-order valence-corrected chi connectivity index (χ1v) is 5.51. The fourth-order valence-corrected chi connectivity index (χ4v) is 1.65. The molecule has 0 aliphatic heterocycles. The van der Waals surface area contributed by atoms with E-state index in [1.165, 1.54) is 0 Å². The summed E-state index contributed by atoms with van der Waals surface area (Å²) in [5, 5.41) is 22.6. The van der Waals surface area contributed by atoms with Gasteiger partial charge in [-0.3, -0.25) is 10.1 Å². The first kappa shape index (κ1) is 13.0. The Kier molecular flexibility index (Phi) is 3.72. The number of nitro benzene ring substituents is 1. The number of anilines is 2. The normalized spacial score (nSPS) is 10.2. The van der Waals surface area contributed by atoms with Gasteiger partial charge in [-0.2, -0.15) is 0 Å². The van der Waals surface area contributed by atoms with Gasteiger partial charge in [0, 0.05) is 23.4 Å². The lowest BCUT2D eigenvalue weighted by atomic mass is 10.1. The highest BCUT2D eigenvalue weighted by Gasteiger charge is 2.11. The van der Waals surface area contributed by atoms with Crippen LogP contribution < -0.4 is 5.32 Å². The number of nitro groups is 1. The smallest absolute Gasteiger partial charge is 0.271 e. The minimum atomic E-state index is -0.599. The molecule has 0 radical (unpaired) electrons. The van der Waals surface area contributed by atoms with Gasteiger partial charge in [-0.15, -0.1) is 0 Å². The quantitative estimate of drug-likeness (QED) is 0.656. The molecular weight excluding hydrogens is 251 g/mol. The van der Waals surface area contributed by atoms with Gasteiger partial charge in [0.15, 0.2) is 0 Å². The van der Waals surface area contributed by atoms with Crippen molar-refractivity contribution in [2.45, 2.75) is 6.61 Å². The highest BCUT2D eigenvalue weighted by atomic mass is 19.1. The van der Waals surface area contributed by atoms with Gasteiger partial charge in [-0.1, -0.05) is 18.2 Å². The molecule has 98 valence electrons. The second-order valence-electron chi connectivity index (χ2n) is 3.86. The molecule has 0 aromatic heterocycles. The van der Waals surface area contributed by atoms with Crippen molar-refractivity contribution in [3.05, 3.63) is 64.0 Å². The fraction of sp³-hybridized carbons (Fsp3) is 0.0769. The van der Waals surface area contributed by atoms with Gasteiger partial charge in [0.1, 0.15) is 5.82 Å². The first-order chi connectivity index (χ1) is 9.11. The van der Waals surface area contributed by atoms with E-state index in [1.54, 1.807) is 24.3 Å². The van der Waals surface area contributed by atoms with Crippen molar-refractivity contribution in [1.29, 1.82) is 0 Å². The maximum absolute atomic E-state index is 13.6. The molecule has 0 amide bonds. The molecule has 2 N–H and O–H groups in total. The van der Waals surface area contributed by atoms with Gasteiger partial charge >= 0.3 is 0 Å². The highest BCUT2D eigenvalue weighted by Crippen LogP contribution is 2.26. The molecule has 0 fully saturated rings. The molecule has 0 aliphatic rings. The SMILES string of the molecule is O=[N+]([O-])c1ccc(F)c(Nc2ccccc2CO)c1. The van der Waals surface area contributed by atoms with Gasteiger partial charge in [0.05, 0.1) is 17.2 Å². The second-order valence-corrected chi connectivity index (χ2v) is 3.86. The van der Waals surface area contributed by atoms with Crippen molar-refractivity contribution in [2.24, 2.45) is 0 Å². The number of para-hydroxylation sites is 1. The van der Waals surface area contributed by atoms with Crippen molar-refractivity contribution in [3.63, 3.8) is 0 Å². The van der Waals surface area contributed by atoms with Crippen LogP contribution in [0.15, 0.2) is 42.5 Å². The lowest BCUT2D eigenvalue weighted by molar-refractivity contribution is -0.384. The number of nitrogens with one attached hydrogen (secondary N) is 1. The zero-order valence-electron chi connectivity index (χ0n) is 9.84. The van der Waals surface area contributed by atoms with E-state index in [4.69, 9.17) is 5.11 Å². The topological polar surface area (TPSA) is 75.4 Å². The molecule has 2 aromatic carbocycles. The van der Waals surface area contributed by atoms with Crippen LogP contribution in [0.2, 0.25) is 0 Å². The van der Waals surface area contributed by atoms with E-state index in [-0.39, 0.29) is 18.0 Å². The Morgan fingerprint density at radius 1 is 1.21 bits per heavy atom. The van der Waals surface area contributed by atoms with Crippen LogP contribution in [0.3, 0.4) is 0 Å². The number of aliphatic hydroxyl groups is 1. The number of aliphatic hydroxyl groups excluding tert-OH is 1. The van der Waals surface area contributed by atoms with E-state index in [0.717, 1.165) is 18.2 Å². The second kappa shape index (κ2) is 5.45. The first-order valence-electron chi connectivity index (χ1n) is 5.51. The fourth-order valence-electron chi connectivity index (χ4n) is 1.65. The van der Waals surface area contributed by atoms with Crippen LogP contribution in [-0.4, -0.2) is 10.0 Å². The van der Waals surface area contributed by atoms with Gasteiger partial charge in [0.2, 0.25) is 0 Å². The molecule has 5 nitrogen and oxygen atoms in total. The summed E-state index contributed by atoms with van der Waals surface area (Å²) in [7, 11) is 0. The average Bonchev–Trinajstić information content (AvgIpc) is 2.41. The van der Waals surface area contributed by atoms with Crippen LogP contribution in [0.25, 0.3) is 0 Å². The molecule has 0 aliphatic carbocycles. The lowest BCUT2D eigenvalue weighted by Gasteiger charge is -2.11. The molecule has 0 bridgehead atoms. The van der Waals surface area contributed by atoms with Crippen molar-refractivity contribution < 1.29 is 14.4 Å². The Hall–Kier alpha value is -2.47. The standard InChI is InChI=1S/C13H11FN2O3/c14-11-6-5-10(16(18)19)7-13(11)15-12-4-2-1-3-9(12)8-17/h1-7,15,17H,8H2. The van der Waals surface area contributed by atoms with Gasteiger partial charge in [0.25, 0.3) is 5.69 Å². The third-order valence-corrected chi connectivity index (χ3v) is 2.62. The van der Waals surface area contributed by atoms with Crippen LogP contribution in [0.4, 0.5) is 21.5 Å². The Labute approximate surface area is 108 Å².